The van der Waals surface area contributed by atoms with E-state index in [0.717, 1.165) is 32.1 Å². The Morgan fingerprint density at radius 1 is 0.781 bits per heavy atom. The number of rotatable bonds is 14. The second kappa shape index (κ2) is 14.8. The molecule has 32 heavy (non-hydrogen) atoms. The quantitative estimate of drug-likeness (QED) is 0.217. The fourth-order valence-electron chi connectivity index (χ4n) is 3.42. The molecule has 0 unspecified atom stereocenters. The minimum Gasteiger partial charge on any atom is -0.462 e. The lowest BCUT2D eigenvalue weighted by atomic mass is 10.1. The average Bonchev–Trinajstić information content (AvgIpc) is 3.00. The zero-order valence-electron chi connectivity index (χ0n) is 19.6. The minimum atomic E-state index is -1.12. The summed E-state index contributed by atoms with van der Waals surface area (Å²) in [4.78, 5) is 46.3. The molecular weight excluding hydrogens is 424 g/mol. The first-order valence-electron chi connectivity index (χ1n) is 11.1. The maximum Gasteiger partial charge on any atom is 0.303 e. The van der Waals surface area contributed by atoms with Crippen LogP contribution in [-0.4, -0.2) is 67.8 Å². The Morgan fingerprint density at radius 3 is 1.94 bits per heavy atom. The van der Waals surface area contributed by atoms with Crippen molar-refractivity contribution < 1.29 is 47.6 Å². The summed E-state index contributed by atoms with van der Waals surface area (Å²) in [6.45, 7) is 6.97. The molecule has 0 radical (unpaired) electrons. The average molecular weight is 461 g/mol. The summed E-state index contributed by atoms with van der Waals surface area (Å²) < 4.78 is 32.6. The fourth-order valence-corrected chi connectivity index (χ4v) is 3.42. The van der Waals surface area contributed by atoms with E-state index >= 15 is 0 Å². The third-order valence-corrected chi connectivity index (χ3v) is 4.73. The molecule has 10 heteroatoms. The topological polar surface area (TPSA) is 124 Å². The van der Waals surface area contributed by atoms with Crippen molar-refractivity contribution in [3.05, 3.63) is 0 Å². The van der Waals surface area contributed by atoms with Gasteiger partial charge in [0.05, 0.1) is 0 Å². The summed E-state index contributed by atoms with van der Waals surface area (Å²) >= 11 is 0. The summed E-state index contributed by atoms with van der Waals surface area (Å²) in [5, 5.41) is 0. The lowest BCUT2D eigenvalue weighted by molar-refractivity contribution is -0.199. The van der Waals surface area contributed by atoms with Crippen LogP contribution in [-0.2, 0) is 47.6 Å². The largest absolute Gasteiger partial charge is 0.462 e. The highest BCUT2D eigenvalue weighted by atomic mass is 16.7. The highest BCUT2D eigenvalue weighted by Gasteiger charge is 2.54. The van der Waals surface area contributed by atoms with Crippen molar-refractivity contribution >= 4 is 23.9 Å². The Hall–Kier alpha value is -2.20. The van der Waals surface area contributed by atoms with Crippen LogP contribution in [0, 0.1) is 0 Å². The highest BCUT2D eigenvalue weighted by molar-refractivity contribution is 5.68. The molecule has 0 spiro atoms. The van der Waals surface area contributed by atoms with E-state index < -0.39 is 54.6 Å². The molecule has 0 bridgehead atoms. The van der Waals surface area contributed by atoms with Crippen molar-refractivity contribution in [2.24, 2.45) is 0 Å². The van der Waals surface area contributed by atoms with E-state index in [2.05, 4.69) is 6.92 Å². The van der Waals surface area contributed by atoms with Crippen molar-refractivity contribution in [3.63, 3.8) is 0 Å². The predicted molar refractivity (Wildman–Crippen MR) is 111 cm³/mol. The number of hydrogen-bond donors (Lipinski definition) is 0. The second-order valence-corrected chi connectivity index (χ2v) is 7.71. The predicted octanol–water partition coefficient (Wildman–Crippen LogP) is 2.45. The van der Waals surface area contributed by atoms with E-state index in [-0.39, 0.29) is 6.61 Å². The molecule has 0 saturated carbocycles. The van der Waals surface area contributed by atoms with Crippen molar-refractivity contribution in [1.82, 2.24) is 0 Å². The van der Waals surface area contributed by atoms with Crippen LogP contribution in [0.15, 0.2) is 0 Å². The molecular formula is C22H36O10. The lowest BCUT2D eigenvalue weighted by Crippen LogP contribution is -2.46. The van der Waals surface area contributed by atoms with Gasteiger partial charge < -0.3 is 28.4 Å². The van der Waals surface area contributed by atoms with Gasteiger partial charge in [0.1, 0.15) is 12.7 Å². The van der Waals surface area contributed by atoms with E-state index in [0.29, 0.717) is 6.61 Å². The maximum atomic E-state index is 11.7. The smallest absolute Gasteiger partial charge is 0.303 e. The lowest BCUT2D eigenvalue weighted by Gasteiger charge is -2.27. The number of unbranched alkanes of at least 4 members (excludes halogenated alkanes) is 5. The van der Waals surface area contributed by atoms with Crippen LogP contribution < -0.4 is 0 Å². The van der Waals surface area contributed by atoms with Gasteiger partial charge in [-0.15, -0.1) is 0 Å². The Labute approximate surface area is 189 Å². The zero-order valence-corrected chi connectivity index (χ0v) is 19.6. The number of esters is 4. The molecule has 184 valence electrons. The standard InChI is InChI=1S/C22H36O10/c1-6-7-8-9-10-11-12-27-22-21(31-17(5)26)20(30-16(4)25)19(32-22)18(29-15(3)24)13-28-14(2)23/h18-22H,6-13H2,1-5H3/t18-,19-,20-,21+,22+/m0/s1. The summed E-state index contributed by atoms with van der Waals surface area (Å²) in [7, 11) is 0. The molecule has 1 aliphatic rings. The van der Waals surface area contributed by atoms with Crippen LogP contribution in [0.2, 0.25) is 0 Å². The van der Waals surface area contributed by atoms with E-state index in [9.17, 15) is 19.2 Å². The van der Waals surface area contributed by atoms with Gasteiger partial charge in [0.15, 0.2) is 24.6 Å². The van der Waals surface area contributed by atoms with Crippen molar-refractivity contribution in [2.75, 3.05) is 13.2 Å². The van der Waals surface area contributed by atoms with Gasteiger partial charge in [-0.2, -0.15) is 0 Å². The maximum absolute atomic E-state index is 11.7. The molecule has 1 fully saturated rings. The molecule has 0 aromatic rings. The van der Waals surface area contributed by atoms with Gasteiger partial charge in [-0.05, 0) is 6.42 Å². The first-order chi connectivity index (χ1) is 15.1. The number of ether oxygens (including phenoxy) is 6. The molecule has 10 nitrogen and oxygen atoms in total. The molecule has 0 aliphatic carbocycles. The first kappa shape index (κ1) is 27.8. The van der Waals surface area contributed by atoms with Crippen molar-refractivity contribution in [3.8, 4) is 0 Å². The number of hydrogen-bond acceptors (Lipinski definition) is 10. The monoisotopic (exact) mass is 460 g/mol. The summed E-state index contributed by atoms with van der Waals surface area (Å²) in [6, 6.07) is 0. The summed E-state index contributed by atoms with van der Waals surface area (Å²) in [5.41, 5.74) is 0. The molecule has 1 rings (SSSR count). The van der Waals surface area contributed by atoms with Crippen LogP contribution >= 0.6 is 0 Å². The summed E-state index contributed by atoms with van der Waals surface area (Å²) in [5.74, 6) is -2.50. The van der Waals surface area contributed by atoms with Gasteiger partial charge in [0.25, 0.3) is 0 Å². The summed E-state index contributed by atoms with van der Waals surface area (Å²) in [6.07, 6.45) is 0.947. The van der Waals surface area contributed by atoms with Crippen LogP contribution in [0.4, 0.5) is 0 Å². The van der Waals surface area contributed by atoms with Crippen LogP contribution in [0.25, 0.3) is 0 Å². The van der Waals surface area contributed by atoms with Gasteiger partial charge in [-0.1, -0.05) is 39.0 Å². The molecule has 1 aliphatic heterocycles. The van der Waals surface area contributed by atoms with E-state index in [1.165, 1.54) is 34.1 Å². The Bertz CT molecular complexity index is 620. The van der Waals surface area contributed by atoms with Crippen LogP contribution in [0.5, 0.6) is 0 Å². The zero-order chi connectivity index (χ0) is 24.1. The molecule has 5 atom stereocenters. The van der Waals surface area contributed by atoms with E-state index in [4.69, 9.17) is 28.4 Å². The van der Waals surface area contributed by atoms with Crippen LogP contribution in [0.3, 0.4) is 0 Å². The molecule has 1 saturated heterocycles. The minimum absolute atomic E-state index is 0.325. The van der Waals surface area contributed by atoms with Gasteiger partial charge in [-0.25, -0.2) is 0 Å². The third-order valence-electron chi connectivity index (χ3n) is 4.73. The van der Waals surface area contributed by atoms with Gasteiger partial charge in [0, 0.05) is 34.3 Å². The first-order valence-corrected chi connectivity index (χ1v) is 11.1. The Balaban J connectivity index is 2.94. The fraction of sp³-hybridized carbons (Fsp3) is 0.818. The van der Waals surface area contributed by atoms with E-state index in [1.807, 2.05) is 0 Å². The third kappa shape index (κ3) is 10.4. The van der Waals surface area contributed by atoms with Crippen molar-refractivity contribution in [2.45, 2.75) is 104 Å². The SMILES string of the molecule is CCCCCCCCO[C@@H]1O[C@@H]([C@H](COC(C)=O)OC(C)=O)[C@H](OC(C)=O)[C@H]1OC(C)=O. The normalized spacial score (nSPS) is 23.3. The van der Waals surface area contributed by atoms with Crippen LogP contribution in [0.1, 0.15) is 73.1 Å². The van der Waals surface area contributed by atoms with Gasteiger partial charge in [-0.3, -0.25) is 19.2 Å². The van der Waals surface area contributed by atoms with Gasteiger partial charge in [0.2, 0.25) is 0 Å². The van der Waals surface area contributed by atoms with Gasteiger partial charge >= 0.3 is 23.9 Å². The Morgan fingerprint density at radius 2 is 1.38 bits per heavy atom. The molecule has 0 amide bonds. The molecule has 1 heterocycles. The molecule has 0 aromatic carbocycles. The van der Waals surface area contributed by atoms with Crippen molar-refractivity contribution in [1.29, 1.82) is 0 Å². The van der Waals surface area contributed by atoms with E-state index in [1.54, 1.807) is 0 Å². The number of carbonyl (C=O) groups is 4. The highest BCUT2D eigenvalue weighted by Crippen LogP contribution is 2.31. The number of carbonyl (C=O) groups excluding carboxylic acids is 4. The second-order valence-electron chi connectivity index (χ2n) is 7.71. The molecule has 0 aromatic heterocycles. The molecule has 0 N–H and O–H groups in total. The Kier molecular flexibility index (Phi) is 12.9.